The van der Waals surface area contributed by atoms with Crippen LogP contribution in [0.3, 0.4) is 0 Å². The summed E-state index contributed by atoms with van der Waals surface area (Å²) in [5.41, 5.74) is 2.18. The Balaban J connectivity index is 1.67. The van der Waals surface area contributed by atoms with Gasteiger partial charge in [-0.05, 0) is 67.0 Å². The van der Waals surface area contributed by atoms with E-state index in [0.29, 0.717) is 29.1 Å². The fourth-order valence-electron chi connectivity index (χ4n) is 4.33. The van der Waals surface area contributed by atoms with E-state index >= 15 is 0 Å². The molecule has 1 aliphatic rings. The Bertz CT molecular complexity index is 1090. The van der Waals surface area contributed by atoms with Crippen molar-refractivity contribution in [3.8, 4) is 11.5 Å². The van der Waals surface area contributed by atoms with E-state index in [2.05, 4.69) is 0 Å². The molecule has 0 spiro atoms. The highest BCUT2D eigenvalue weighted by Gasteiger charge is 2.44. The van der Waals surface area contributed by atoms with Gasteiger partial charge in [0.2, 0.25) is 0 Å². The third kappa shape index (κ3) is 4.26. The minimum atomic E-state index is -0.752. The Hall–Kier alpha value is -3.16. The summed E-state index contributed by atoms with van der Waals surface area (Å²) < 4.78 is 13.2. The number of thiocarbonyl (C=S) groups is 1. The quantitative estimate of drug-likeness (QED) is 0.463. The summed E-state index contributed by atoms with van der Waals surface area (Å²) in [6.45, 7) is 0. The maximum absolute atomic E-state index is 13.2. The zero-order valence-corrected chi connectivity index (χ0v) is 18.4. The normalized spacial score (nSPS) is 19.4. The molecule has 3 atom stereocenters. The van der Waals surface area contributed by atoms with Crippen LogP contribution in [0.15, 0.2) is 72.8 Å². The fourth-order valence-corrected chi connectivity index (χ4v) is 4.69. The summed E-state index contributed by atoms with van der Waals surface area (Å²) in [5, 5.41) is 31.7. The summed E-state index contributed by atoms with van der Waals surface area (Å²) in [7, 11) is 1.91. The lowest BCUT2D eigenvalue weighted by atomic mass is 9.92. The Morgan fingerprint density at radius 1 is 1.00 bits per heavy atom. The predicted octanol–water partition coefficient (Wildman–Crippen LogP) is 4.90. The molecule has 0 radical (unpaired) electrons. The van der Waals surface area contributed by atoms with E-state index in [4.69, 9.17) is 12.2 Å². The SMILES string of the molecule is CN1C(=S)N(c2ccccc2)[C@H](c2ccc(O)cc2O)[C@@H]1CC[C@H](O)c1ccc(F)cc1. The zero-order valence-electron chi connectivity index (χ0n) is 17.6. The molecule has 0 aromatic heterocycles. The van der Waals surface area contributed by atoms with Crippen molar-refractivity contribution < 1.29 is 19.7 Å². The van der Waals surface area contributed by atoms with Gasteiger partial charge >= 0.3 is 0 Å². The van der Waals surface area contributed by atoms with Crippen molar-refractivity contribution in [3.63, 3.8) is 0 Å². The molecule has 1 aliphatic heterocycles. The average molecular weight is 453 g/mol. The van der Waals surface area contributed by atoms with Crippen molar-refractivity contribution >= 4 is 23.0 Å². The predicted molar refractivity (Wildman–Crippen MR) is 126 cm³/mol. The van der Waals surface area contributed by atoms with Gasteiger partial charge < -0.3 is 25.1 Å². The molecule has 32 heavy (non-hydrogen) atoms. The Morgan fingerprint density at radius 2 is 1.69 bits per heavy atom. The molecule has 4 rings (SSSR count). The minimum Gasteiger partial charge on any atom is -0.508 e. The van der Waals surface area contributed by atoms with Crippen LogP contribution in [0, 0.1) is 5.82 Å². The van der Waals surface area contributed by atoms with Crippen molar-refractivity contribution in [2.75, 3.05) is 11.9 Å². The van der Waals surface area contributed by atoms with E-state index < -0.39 is 6.10 Å². The first kappa shape index (κ1) is 22.0. The van der Waals surface area contributed by atoms with Crippen molar-refractivity contribution in [2.24, 2.45) is 0 Å². The summed E-state index contributed by atoms with van der Waals surface area (Å²) in [5.74, 6) is -0.379. The number of aromatic hydroxyl groups is 2. The highest BCUT2D eigenvalue weighted by molar-refractivity contribution is 7.80. The number of halogens is 1. The summed E-state index contributed by atoms with van der Waals surface area (Å²) in [4.78, 5) is 3.98. The minimum absolute atomic E-state index is 0.0156. The first-order chi connectivity index (χ1) is 15.4. The lowest BCUT2D eigenvalue weighted by Crippen LogP contribution is -2.31. The number of phenols is 2. The number of anilines is 1. The molecule has 0 amide bonds. The topological polar surface area (TPSA) is 67.2 Å². The molecular weight excluding hydrogens is 427 g/mol. The number of rotatable bonds is 6. The smallest absolute Gasteiger partial charge is 0.176 e. The van der Waals surface area contributed by atoms with Gasteiger partial charge in [-0.1, -0.05) is 30.3 Å². The van der Waals surface area contributed by atoms with Crippen molar-refractivity contribution in [1.29, 1.82) is 0 Å². The third-order valence-corrected chi connectivity index (χ3v) is 6.49. The number of likely N-dealkylation sites (N-methyl/N-ethyl adjacent to an activating group) is 1. The van der Waals surface area contributed by atoms with E-state index in [9.17, 15) is 19.7 Å². The van der Waals surface area contributed by atoms with Gasteiger partial charge in [0.1, 0.15) is 17.3 Å². The molecule has 0 bridgehead atoms. The Morgan fingerprint density at radius 3 is 2.34 bits per heavy atom. The maximum Gasteiger partial charge on any atom is 0.176 e. The number of para-hydroxylation sites is 1. The number of hydrogen-bond donors (Lipinski definition) is 3. The van der Waals surface area contributed by atoms with Crippen LogP contribution in [0.2, 0.25) is 0 Å². The number of benzene rings is 3. The molecule has 1 fully saturated rings. The summed E-state index contributed by atoms with van der Waals surface area (Å²) in [6.07, 6.45) is 0.252. The van der Waals surface area contributed by atoms with Crippen LogP contribution in [0.5, 0.6) is 11.5 Å². The molecule has 0 unspecified atom stereocenters. The van der Waals surface area contributed by atoms with Crippen molar-refractivity contribution in [1.82, 2.24) is 4.90 Å². The van der Waals surface area contributed by atoms with E-state index in [0.717, 1.165) is 5.69 Å². The van der Waals surface area contributed by atoms with E-state index in [1.807, 2.05) is 47.2 Å². The number of hydrogen-bond acceptors (Lipinski definition) is 4. The molecule has 5 nitrogen and oxygen atoms in total. The van der Waals surface area contributed by atoms with E-state index in [1.165, 1.54) is 18.2 Å². The van der Waals surface area contributed by atoms with Crippen LogP contribution in [0.4, 0.5) is 10.1 Å². The van der Waals surface area contributed by atoms with Gasteiger partial charge in [-0.25, -0.2) is 4.39 Å². The third-order valence-electron chi connectivity index (χ3n) is 6.01. The molecule has 0 aliphatic carbocycles. The highest BCUT2D eigenvalue weighted by atomic mass is 32.1. The molecule has 3 aromatic rings. The van der Waals surface area contributed by atoms with Gasteiger partial charge in [-0.15, -0.1) is 0 Å². The Kier molecular flexibility index (Phi) is 6.30. The molecule has 1 saturated heterocycles. The number of aliphatic hydroxyl groups is 1. The molecule has 7 heteroatoms. The van der Waals surface area contributed by atoms with Crippen LogP contribution in [0.1, 0.15) is 36.1 Å². The first-order valence-electron chi connectivity index (χ1n) is 10.4. The van der Waals surface area contributed by atoms with Crippen molar-refractivity contribution in [3.05, 3.63) is 89.7 Å². The second-order valence-electron chi connectivity index (χ2n) is 8.00. The summed E-state index contributed by atoms with van der Waals surface area (Å²) in [6, 6.07) is 19.7. The molecule has 3 N–H and O–H groups in total. The largest absolute Gasteiger partial charge is 0.508 e. The number of phenolic OH excluding ortho intramolecular Hbond substituents is 2. The van der Waals surface area contributed by atoms with Crippen molar-refractivity contribution in [2.45, 2.75) is 31.0 Å². The molecule has 166 valence electrons. The molecule has 3 aromatic carbocycles. The highest BCUT2D eigenvalue weighted by Crippen LogP contribution is 2.44. The van der Waals surface area contributed by atoms with Gasteiger partial charge in [-0.3, -0.25) is 0 Å². The fraction of sp³-hybridized carbons (Fsp3) is 0.240. The van der Waals surface area contributed by atoms with Crippen LogP contribution in [-0.2, 0) is 0 Å². The van der Waals surface area contributed by atoms with E-state index in [-0.39, 0.29) is 29.4 Å². The molecule has 1 heterocycles. The Labute approximate surface area is 192 Å². The van der Waals surface area contributed by atoms with E-state index in [1.54, 1.807) is 24.3 Å². The van der Waals surface area contributed by atoms with Crippen LogP contribution in [-0.4, -0.2) is 38.4 Å². The van der Waals surface area contributed by atoms with Gasteiger partial charge in [0.05, 0.1) is 18.2 Å². The number of nitrogens with zero attached hydrogens (tertiary/aromatic N) is 2. The van der Waals surface area contributed by atoms with Gasteiger partial charge in [0.25, 0.3) is 0 Å². The first-order valence-corrected chi connectivity index (χ1v) is 10.8. The standard InChI is InChI=1S/C25H25FN2O3S/c1-27-21(13-14-22(30)16-7-9-17(26)10-8-16)24(20-12-11-19(29)15-23(20)31)28(25(27)32)18-5-3-2-4-6-18/h2-12,15,21-22,24,29-31H,13-14H2,1H3/t21-,22-,24+/m0/s1. The van der Waals surface area contributed by atoms with Crippen LogP contribution in [0.25, 0.3) is 0 Å². The maximum atomic E-state index is 13.2. The zero-order chi connectivity index (χ0) is 22.8. The van der Waals surface area contributed by atoms with Crippen LogP contribution < -0.4 is 4.90 Å². The molecule has 0 saturated carbocycles. The lowest BCUT2D eigenvalue weighted by Gasteiger charge is -2.29. The number of aliphatic hydroxyl groups excluding tert-OH is 1. The monoisotopic (exact) mass is 452 g/mol. The molecular formula is C25H25FN2O3S. The lowest BCUT2D eigenvalue weighted by molar-refractivity contribution is 0.152. The van der Waals surface area contributed by atoms with Crippen LogP contribution >= 0.6 is 12.2 Å². The van der Waals surface area contributed by atoms with Gasteiger partial charge in [-0.2, -0.15) is 0 Å². The summed E-state index contributed by atoms with van der Waals surface area (Å²) >= 11 is 5.77. The second-order valence-corrected chi connectivity index (χ2v) is 8.36. The van der Waals surface area contributed by atoms with Gasteiger partial charge in [0.15, 0.2) is 5.11 Å². The van der Waals surface area contributed by atoms with Gasteiger partial charge in [0, 0.05) is 24.4 Å². The second kappa shape index (κ2) is 9.14. The average Bonchev–Trinajstić information content (AvgIpc) is 3.03.